The average molecular weight is 342 g/mol. The lowest BCUT2D eigenvalue weighted by Gasteiger charge is -2.59. The van der Waals surface area contributed by atoms with Gasteiger partial charge >= 0.3 is 0 Å². The lowest BCUT2D eigenvalue weighted by molar-refractivity contribution is -0.118. The fraction of sp³-hybridized carbons (Fsp3) is 0.636. The Labute approximate surface area is 151 Å². The summed E-state index contributed by atoms with van der Waals surface area (Å²) in [6.45, 7) is 11.4. The number of hydrogen-bond donors (Lipinski definition) is 0. The molecule has 0 aromatic heterocycles. The standard InChI is InChI=1S/C22H30O3/c1-14-7-6-8-19-21(14,3)10-9-15(2)22(19,4)13-16-11-17(23)12-18(25-5)20(16)24/h11-12,15,19H,1,6-10,13H2,2-5H3/t15-,19+,21+,22+/m1/s1. The average Bonchev–Trinajstić information content (AvgIpc) is 2.57. The summed E-state index contributed by atoms with van der Waals surface area (Å²) in [6.07, 6.45) is 9.27. The van der Waals surface area contributed by atoms with E-state index >= 15 is 0 Å². The summed E-state index contributed by atoms with van der Waals surface area (Å²) < 4.78 is 5.13. The smallest absolute Gasteiger partial charge is 0.223 e. The van der Waals surface area contributed by atoms with Gasteiger partial charge in [0.1, 0.15) is 0 Å². The molecule has 0 radical (unpaired) electrons. The van der Waals surface area contributed by atoms with Crippen molar-refractivity contribution < 1.29 is 14.3 Å². The van der Waals surface area contributed by atoms with Crippen LogP contribution in [0.3, 0.4) is 0 Å². The molecule has 25 heavy (non-hydrogen) atoms. The van der Waals surface area contributed by atoms with E-state index in [-0.39, 0.29) is 28.2 Å². The van der Waals surface area contributed by atoms with E-state index in [1.807, 2.05) is 0 Å². The first kappa shape index (κ1) is 18.2. The highest BCUT2D eigenvalue weighted by atomic mass is 16.5. The lowest BCUT2D eigenvalue weighted by Crippen LogP contribution is -2.50. The van der Waals surface area contributed by atoms with Gasteiger partial charge in [0.15, 0.2) is 11.5 Å². The minimum atomic E-state index is -0.144. The fourth-order valence-electron chi connectivity index (χ4n) is 5.59. The first-order valence-corrected chi connectivity index (χ1v) is 9.45. The van der Waals surface area contributed by atoms with Crippen molar-refractivity contribution >= 4 is 11.6 Å². The summed E-state index contributed by atoms with van der Waals surface area (Å²) in [5.74, 6) is 0.917. The van der Waals surface area contributed by atoms with Gasteiger partial charge in [-0.2, -0.15) is 0 Å². The maximum atomic E-state index is 12.7. The first-order valence-electron chi connectivity index (χ1n) is 9.45. The summed E-state index contributed by atoms with van der Waals surface area (Å²) in [7, 11) is 1.45. The maximum absolute atomic E-state index is 12.7. The summed E-state index contributed by atoms with van der Waals surface area (Å²) in [6, 6.07) is 0. The summed E-state index contributed by atoms with van der Waals surface area (Å²) in [5, 5.41) is 0. The Kier molecular flexibility index (Phi) is 4.55. The molecule has 3 nitrogen and oxygen atoms in total. The van der Waals surface area contributed by atoms with Crippen LogP contribution in [-0.4, -0.2) is 18.7 Å². The summed E-state index contributed by atoms with van der Waals surface area (Å²) in [4.78, 5) is 24.7. The Balaban J connectivity index is 1.95. The molecular weight excluding hydrogens is 312 g/mol. The summed E-state index contributed by atoms with van der Waals surface area (Å²) >= 11 is 0. The van der Waals surface area contributed by atoms with Crippen molar-refractivity contribution in [1.29, 1.82) is 0 Å². The van der Waals surface area contributed by atoms with Crippen molar-refractivity contribution in [2.45, 2.75) is 59.3 Å². The predicted octanol–water partition coefficient (Wildman–Crippen LogP) is 4.78. The molecule has 2 saturated carbocycles. The molecule has 4 atom stereocenters. The molecule has 3 rings (SSSR count). The molecular formula is C22H30O3. The van der Waals surface area contributed by atoms with Crippen LogP contribution < -0.4 is 0 Å². The molecule has 0 amide bonds. The number of hydrogen-bond acceptors (Lipinski definition) is 3. The minimum Gasteiger partial charge on any atom is -0.493 e. The van der Waals surface area contributed by atoms with E-state index in [1.165, 1.54) is 44.1 Å². The van der Waals surface area contributed by atoms with Gasteiger partial charge in [-0.3, -0.25) is 9.59 Å². The molecule has 3 heteroatoms. The van der Waals surface area contributed by atoms with E-state index in [4.69, 9.17) is 4.74 Å². The number of carbonyl (C=O) groups excluding carboxylic acids is 2. The fourth-order valence-corrected chi connectivity index (χ4v) is 5.59. The quantitative estimate of drug-likeness (QED) is 0.547. The molecule has 0 aliphatic heterocycles. The number of methoxy groups -OCH3 is 1. The number of fused-ring (bicyclic) bond motifs is 1. The van der Waals surface area contributed by atoms with Crippen molar-refractivity contribution in [3.63, 3.8) is 0 Å². The van der Waals surface area contributed by atoms with Crippen molar-refractivity contribution in [2.24, 2.45) is 22.7 Å². The number of carbonyl (C=O) groups is 2. The number of allylic oxidation sites excluding steroid dienone is 4. The van der Waals surface area contributed by atoms with E-state index in [1.54, 1.807) is 0 Å². The van der Waals surface area contributed by atoms with Gasteiger partial charge in [0.05, 0.1) is 7.11 Å². The SMILES string of the molecule is C=C1CCC[C@@H]2[C@@](C)(CC3=CC(=O)C=C(OC)C3=O)[C@H](C)CC[C@@]12C. The van der Waals surface area contributed by atoms with Crippen molar-refractivity contribution in [3.05, 3.63) is 35.6 Å². The molecule has 0 aromatic carbocycles. The second kappa shape index (κ2) is 6.26. The molecule has 2 fully saturated rings. The van der Waals surface area contributed by atoms with Gasteiger partial charge in [-0.15, -0.1) is 0 Å². The highest BCUT2D eigenvalue weighted by Crippen LogP contribution is 2.63. The van der Waals surface area contributed by atoms with Crippen molar-refractivity contribution in [2.75, 3.05) is 7.11 Å². The van der Waals surface area contributed by atoms with Crippen LogP contribution in [0.15, 0.2) is 35.6 Å². The van der Waals surface area contributed by atoms with Crippen molar-refractivity contribution in [3.8, 4) is 0 Å². The molecule has 3 aliphatic rings. The third-order valence-electron chi connectivity index (χ3n) is 7.46. The van der Waals surface area contributed by atoms with E-state index in [2.05, 4.69) is 27.4 Å². The van der Waals surface area contributed by atoms with Gasteiger partial charge in [-0.1, -0.05) is 32.9 Å². The zero-order valence-electron chi connectivity index (χ0n) is 16.0. The van der Waals surface area contributed by atoms with Gasteiger partial charge in [0.2, 0.25) is 5.78 Å². The Hall–Kier alpha value is -1.64. The van der Waals surface area contributed by atoms with Crippen molar-refractivity contribution in [1.82, 2.24) is 0 Å². The van der Waals surface area contributed by atoms with Crippen LogP contribution >= 0.6 is 0 Å². The number of ether oxygens (including phenoxy) is 1. The van der Waals surface area contributed by atoms with Gasteiger partial charge in [0.25, 0.3) is 0 Å². The monoisotopic (exact) mass is 342 g/mol. The largest absolute Gasteiger partial charge is 0.493 e. The zero-order valence-corrected chi connectivity index (χ0v) is 16.0. The van der Waals surface area contributed by atoms with Crippen LogP contribution in [0.25, 0.3) is 0 Å². The molecule has 0 heterocycles. The third-order valence-corrected chi connectivity index (χ3v) is 7.46. The second-order valence-electron chi connectivity index (χ2n) is 8.70. The topological polar surface area (TPSA) is 43.4 Å². The highest BCUT2D eigenvalue weighted by Gasteiger charge is 2.54. The molecule has 0 spiro atoms. The van der Waals surface area contributed by atoms with E-state index in [9.17, 15) is 9.59 Å². The van der Waals surface area contributed by atoms with Gasteiger partial charge in [0, 0.05) is 11.6 Å². The van der Waals surface area contributed by atoms with E-state index < -0.39 is 0 Å². The van der Waals surface area contributed by atoms with Gasteiger partial charge in [-0.05, 0) is 67.3 Å². The molecule has 0 bridgehead atoms. The molecule has 0 N–H and O–H groups in total. The number of rotatable bonds is 3. The normalized spacial score (nSPS) is 38.8. The second-order valence-corrected chi connectivity index (χ2v) is 8.70. The molecule has 0 aromatic rings. The number of Topliss-reactive ketones (excluding diaryl/α,β-unsaturated/α-hetero) is 1. The lowest BCUT2D eigenvalue weighted by atomic mass is 9.46. The minimum absolute atomic E-state index is 0.00563. The molecule has 0 saturated heterocycles. The first-order chi connectivity index (χ1) is 11.7. The van der Waals surface area contributed by atoms with Crippen LogP contribution in [-0.2, 0) is 14.3 Å². The van der Waals surface area contributed by atoms with Crippen LogP contribution in [0.5, 0.6) is 0 Å². The Morgan fingerprint density at radius 2 is 1.96 bits per heavy atom. The molecule has 3 aliphatic carbocycles. The maximum Gasteiger partial charge on any atom is 0.223 e. The van der Waals surface area contributed by atoms with Crippen LogP contribution in [0.2, 0.25) is 0 Å². The highest BCUT2D eigenvalue weighted by molar-refractivity contribution is 6.19. The van der Waals surface area contributed by atoms with Gasteiger partial charge in [-0.25, -0.2) is 0 Å². The van der Waals surface area contributed by atoms with Crippen LogP contribution in [0.4, 0.5) is 0 Å². The summed E-state index contributed by atoms with van der Waals surface area (Å²) in [5.41, 5.74) is 2.13. The number of ketones is 2. The zero-order chi connectivity index (χ0) is 18.4. The third kappa shape index (κ3) is 2.82. The van der Waals surface area contributed by atoms with E-state index in [0.29, 0.717) is 23.8 Å². The molecule has 136 valence electrons. The Morgan fingerprint density at radius 1 is 1.24 bits per heavy atom. The van der Waals surface area contributed by atoms with Crippen LogP contribution in [0, 0.1) is 22.7 Å². The Bertz CT molecular complexity index is 683. The van der Waals surface area contributed by atoms with Crippen LogP contribution in [0.1, 0.15) is 59.3 Å². The predicted molar refractivity (Wildman–Crippen MR) is 98.9 cm³/mol. The van der Waals surface area contributed by atoms with E-state index in [0.717, 1.165) is 12.8 Å². The Morgan fingerprint density at radius 3 is 2.64 bits per heavy atom. The van der Waals surface area contributed by atoms with Gasteiger partial charge < -0.3 is 4.74 Å². The molecule has 0 unspecified atom stereocenters.